The number of hydrogen-bond acceptors (Lipinski definition) is 4. The quantitative estimate of drug-likeness (QED) is 0.177. The van der Waals surface area contributed by atoms with Crippen LogP contribution in [0.15, 0.2) is 219 Å². The topological polar surface area (TPSA) is 55.9 Å². The van der Waals surface area contributed by atoms with Gasteiger partial charge in [-0.1, -0.05) is 140 Å². The molecule has 0 amide bonds. The van der Waals surface area contributed by atoms with Crippen molar-refractivity contribution in [2.45, 2.75) is 13.3 Å². The van der Waals surface area contributed by atoms with E-state index >= 15 is 0 Å². The molecule has 1 unspecified atom stereocenters. The molecule has 10 aromatic carbocycles. The Morgan fingerprint density at radius 3 is 1.74 bits per heavy atom. The second-order valence-electron chi connectivity index (χ2n) is 17.7. The average molecular weight is 846 g/mol. The molecule has 5 nitrogen and oxygen atoms in total. The van der Waals surface area contributed by atoms with Crippen molar-refractivity contribution >= 4 is 115 Å². The third-order valence-corrected chi connectivity index (χ3v) is 13.8. The lowest BCUT2D eigenvalue weighted by atomic mass is 9.92. The molecule has 14 rings (SSSR count). The van der Waals surface area contributed by atoms with E-state index in [1.807, 2.05) is 18.2 Å². The number of para-hydroxylation sites is 2. The number of allylic oxidation sites excluding steroid dienone is 1. The summed E-state index contributed by atoms with van der Waals surface area (Å²) in [5, 5.41) is 13.7. The molecule has 0 spiro atoms. The van der Waals surface area contributed by atoms with Crippen molar-refractivity contribution in [2.75, 3.05) is 0 Å². The summed E-state index contributed by atoms with van der Waals surface area (Å²) in [7, 11) is 0. The highest BCUT2D eigenvalue weighted by Crippen LogP contribution is 2.43. The number of aliphatic imine (C=N–C) groups is 2. The molecule has 13 aromatic rings. The highest BCUT2D eigenvalue weighted by Gasteiger charge is 2.25. The van der Waals surface area contributed by atoms with E-state index in [-0.39, 0.29) is 5.92 Å². The van der Waals surface area contributed by atoms with Gasteiger partial charge in [-0.3, -0.25) is 0 Å². The lowest BCUT2D eigenvalue weighted by Crippen LogP contribution is -2.17. The first-order valence-electron chi connectivity index (χ1n) is 22.7. The fraction of sp³-hybridized carbons (Fsp3) is 0.0492. The van der Waals surface area contributed by atoms with Gasteiger partial charge in [0.15, 0.2) is 11.4 Å². The Morgan fingerprint density at radius 2 is 1.03 bits per heavy atom. The van der Waals surface area contributed by atoms with Crippen molar-refractivity contribution in [1.82, 2.24) is 4.57 Å². The normalized spacial score (nSPS) is 15.6. The van der Waals surface area contributed by atoms with Gasteiger partial charge in [-0.2, -0.15) is 0 Å². The van der Waals surface area contributed by atoms with Crippen LogP contribution in [0.25, 0.3) is 109 Å². The zero-order chi connectivity index (χ0) is 43.5. The van der Waals surface area contributed by atoms with E-state index in [2.05, 4.69) is 193 Å². The van der Waals surface area contributed by atoms with Gasteiger partial charge in [0.1, 0.15) is 16.7 Å². The Kier molecular flexibility index (Phi) is 7.96. The minimum absolute atomic E-state index is 0.0831. The van der Waals surface area contributed by atoms with Gasteiger partial charge in [0, 0.05) is 49.4 Å². The summed E-state index contributed by atoms with van der Waals surface area (Å²) in [4.78, 5) is 11.3. The number of hydrogen-bond donors (Lipinski definition) is 0. The number of amidine groups is 1. The predicted molar refractivity (Wildman–Crippen MR) is 276 cm³/mol. The monoisotopic (exact) mass is 845 g/mol. The largest absolute Gasteiger partial charge is 0.456 e. The van der Waals surface area contributed by atoms with Crippen molar-refractivity contribution < 1.29 is 8.83 Å². The van der Waals surface area contributed by atoms with Gasteiger partial charge in [-0.25, -0.2) is 9.98 Å². The lowest BCUT2D eigenvalue weighted by molar-refractivity contribution is 0.666. The molecule has 0 aliphatic carbocycles. The van der Waals surface area contributed by atoms with Crippen LogP contribution in [-0.2, 0) is 0 Å². The third kappa shape index (κ3) is 5.66. The Balaban J connectivity index is 1.05. The Bertz CT molecular complexity index is 4200. The van der Waals surface area contributed by atoms with Crippen LogP contribution in [0.4, 0.5) is 0 Å². The van der Waals surface area contributed by atoms with Crippen molar-refractivity contribution in [3.8, 4) is 5.69 Å². The molecule has 1 aliphatic heterocycles. The van der Waals surface area contributed by atoms with Gasteiger partial charge >= 0.3 is 0 Å². The van der Waals surface area contributed by atoms with Crippen LogP contribution in [-0.4, -0.2) is 16.1 Å². The number of furan rings is 2. The molecule has 3 aromatic heterocycles. The minimum atomic E-state index is 0.0831. The third-order valence-electron chi connectivity index (χ3n) is 13.8. The van der Waals surface area contributed by atoms with Crippen molar-refractivity contribution in [2.24, 2.45) is 15.9 Å². The van der Waals surface area contributed by atoms with Gasteiger partial charge in [-0.15, -0.1) is 0 Å². The molecule has 0 fully saturated rings. The van der Waals surface area contributed by atoms with Gasteiger partial charge < -0.3 is 13.4 Å². The zero-order valence-electron chi connectivity index (χ0n) is 36.0. The maximum Gasteiger partial charge on any atom is 0.160 e. The summed E-state index contributed by atoms with van der Waals surface area (Å²) >= 11 is 0. The van der Waals surface area contributed by atoms with Crippen molar-refractivity contribution in [3.63, 3.8) is 0 Å². The average Bonchev–Trinajstić information content (AvgIpc) is 4.03. The number of benzene rings is 10. The number of fused-ring (bicyclic) bond motifs is 12. The molecular formula is C61H39N3O2. The van der Waals surface area contributed by atoms with E-state index in [9.17, 15) is 0 Å². The molecule has 0 radical (unpaired) electrons. The summed E-state index contributed by atoms with van der Waals surface area (Å²) in [6.07, 6.45) is 3.03. The van der Waals surface area contributed by atoms with Crippen LogP contribution in [0.2, 0.25) is 0 Å². The van der Waals surface area contributed by atoms with E-state index < -0.39 is 0 Å². The molecule has 0 saturated carbocycles. The molecule has 0 saturated heterocycles. The number of aromatic nitrogens is 1. The smallest absolute Gasteiger partial charge is 0.160 e. The molecule has 310 valence electrons. The highest BCUT2D eigenvalue weighted by molar-refractivity contribution is 6.25. The van der Waals surface area contributed by atoms with Crippen molar-refractivity contribution in [1.29, 1.82) is 0 Å². The van der Waals surface area contributed by atoms with E-state index in [0.717, 1.165) is 95.1 Å². The van der Waals surface area contributed by atoms with E-state index in [1.54, 1.807) is 0 Å². The van der Waals surface area contributed by atoms with Crippen LogP contribution >= 0.6 is 0 Å². The van der Waals surface area contributed by atoms with Gasteiger partial charge in [0.25, 0.3) is 0 Å². The van der Waals surface area contributed by atoms with Crippen LogP contribution in [0.3, 0.4) is 0 Å². The van der Waals surface area contributed by atoms with Crippen LogP contribution in [0, 0.1) is 5.92 Å². The maximum atomic E-state index is 7.09. The molecule has 1 aliphatic rings. The predicted octanol–water partition coefficient (Wildman–Crippen LogP) is 16.4. The molecule has 0 bridgehead atoms. The number of rotatable bonds is 4. The van der Waals surface area contributed by atoms with Gasteiger partial charge in [-0.05, 0) is 111 Å². The Labute approximate surface area is 378 Å². The first-order valence-corrected chi connectivity index (χ1v) is 22.7. The molecule has 66 heavy (non-hydrogen) atoms. The summed E-state index contributed by atoms with van der Waals surface area (Å²) < 4.78 is 15.9. The lowest BCUT2D eigenvalue weighted by Gasteiger charge is -2.19. The molecule has 5 heteroatoms. The van der Waals surface area contributed by atoms with Crippen molar-refractivity contribution in [3.05, 3.63) is 217 Å². The number of nitrogens with zero attached hydrogens (tertiary/aromatic N) is 3. The Hall–Kier alpha value is -8.54. The molecular weight excluding hydrogens is 807 g/mol. The summed E-state index contributed by atoms with van der Waals surface area (Å²) in [5.74, 6) is 0.711. The summed E-state index contributed by atoms with van der Waals surface area (Å²) in [6, 6.07) is 69.2. The maximum absolute atomic E-state index is 7.09. The van der Waals surface area contributed by atoms with Gasteiger partial charge in [0.05, 0.1) is 28.1 Å². The summed E-state index contributed by atoms with van der Waals surface area (Å²) in [5.41, 5.74) is 11.3. The van der Waals surface area contributed by atoms with E-state index in [1.165, 1.54) is 43.1 Å². The Morgan fingerprint density at radius 1 is 0.455 bits per heavy atom. The SMILES string of the molecule is CC1C/C=C(\c2ccc3c(c2)oc2ccccc23)N=C(c2ccc(-n3c4cc5ccccc5cc4c4cc5ccccc5cc43)c3oc4ccccc4c23)N=C1c1ccc2ccccc2c1. The van der Waals surface area contributed by atoms with Crippen LogP contribution < -0.4 is 0 Å². The first kappa shape index (κ1) is 36.9. The fourth-order valence-corrected chi connectivity index (χ4v) is 10.5. The van der Waals surface area contributed by atoms with E-state index in [0.29, 0.717) is 5.84 Å². The second-order valence-corrected chi connectivity index (χ2v) is 17.7. The van der Waals surface area contributed by atoms with Gasteiger partial charge in [0.2, 0.25) is 0 Å². The fourth-order valence-electron chi connectivity index (χ4n) is 10.5. The minimum Gasteiger partial charge on any atom is -0.456 e. The molecule has 0 N–H and O–H groups in total. The standard InChI is InChI=1S/C61H39N3O2/c1-36-22-28-51(43-25-26-46-45-18-8-10-20-55(45)65-57(46)35-43)62-61(63-59(36)44-24-23-37-12-2-3-13-38(37)30-44)48-27-29-52(60-58(48)47-19-9-11-21-56(47)66-60)64-53-33-41-16-6-4-14-39(41)31-49(53)50-32-40-15-5-7-17-42(40)34-54(50)64/h2-21,23-36H,22H2,1H3/b51-28+,62-61?,63-59?. The summed E-state index contributed by atoms with van der Waals surface area (Å²) in [6.45, 7) is 2.27. The van der Waals surface area contributed by atoms with Crippen LogP contribution in [0.1, 0.15) is 30.0 Å². The zero-order valence-corrected chi connectivity index (χ0v) is 36.0. The highest BCUT2D eigenvalue weighted by atomic mass is 16.3. The second kappa shape index (κ2) is 14.2. The van der Waals surface area contributed by atoms with E-state index in [4.69, 9.17) is 18.8 Å². The first-order chi connectivity index (χ1) is 32.6. The molecule has 4 heterocycles. The molecule has 1 atom stereocenters. The van der Waals surface area contributed by atoms with Crippen LogP contribution in [0.5, 0.6) is 0 Å².